The average Bonchev–Trinajstić information content (AvgIpc) is 2.22. The monoisotopic (exact) mass is 244 g/mol. The molecule has 0 bridgehead atoms. The number of aliphatic hydroxyl groups excluding tert-OH is 1. The normalized spacial score (nSPS) is 12.9. The van der Waals surface area contributed by atoms with Gasteiger partial charge in [-0.3, -0.25) is 4.79 Å². The molecule has 0 saturated carbocycles. The average molecular weight is 245 g/mol. The Bertz CT molecular complexity index is 391. The maximum Gasteiger partial charge on any atom is 0.165 e. The predicted molar refractivity (Wildman–Crippen MR) is 61.0 cm³/mol. The highest BCUT2D eigenvalue weighted by Crippen LogP contribution is 2.17. The summed E-state index contributed by atoms with van der Waals surface area (Å²) < 4.78 is 13.1. The fourth-order valence-electron chi connectivity index (χ4n) is 1.33. The number of carbonyl (C=O) groups excluding carboxylic acids is 1. The molecule has 1 rings (SSSR count). The Labute approximate surface area is 99.0 Å². The van der Waals surface area contributed by atoms with Crippen LogP contribution in [0.4, 0.5) is 4.39 Å². The van der Waals surface area contributed by atoms with Gasteiger partial charge in [0, 0.05) is 6.42 Å². The van der Waals surface area contributed by atoms with Crippen molar-refractivity contribution in [1.29, 1.82) is 0 Å². The standard InChI is InChI=1S/C12H14ClFO2/c1-7(2)12(16)11(15)6-8-3-4-9(13)10(14)5-8/h3-5,7,12,16H,6H2,1-2H3. The fraction of sp³-hybridized carbons (Fsp3) is 0.417. The molecule has 1 aromatic carbocycles. The van der Waals surface area contributed by atoms with Gasteiger partial charge in [0.1, 0.15) is 11.9 Å². The van der Waals surface area contributed by atoms with Crippen LogP contribution in [0.1, 0.15) is 19.4 Å². The maximum absolute atomic E-state index is 13.1. The fourth-order valence-corrected chi connectivity index (χ4v) is 1.44. The van der Waals surface area contributed by atoms with Gasteiger partial charge in [-0.05, 0) is 23.6 Å². The van der Waals surface area contributed by atoms with E-state index < -0.39 is 11.9 Å². The Hall–Kier alpha value is -0.930. The number of ketones is 1. The van der Waals surface area contributed by atoms with Gasteiger partial charge in [-0.1, -0.05) is 31.5 Å². The first-order valence-corrected chi connectivity index (χ1v) is 5.44. The summed E-state index contributed by atoms with van der Waals surface area (Å²) >= 11 is 5.52. The van der Waals surface area contributed by atoms with Gasteiger partial charge in [-0.25, -0.2) is 4.39 Å². The lowest BCUT2D eigenvalue weighted by atomic mass is 9.98. The molecule has 0 amide bonds. The second-order valence-electron chi connectivity index (χ2n) is 4.08. The van der Waals surface area contributed by atoms with Crippen molar-refractivity contribution in [2.75, 3.05) is 0 Å². The summed E-state index contributed by atoms with van der Waals surface area (Å²) in [6.07, 6.45) is -0.980. The van der Waals surface area contributed by atoms with E-state index in [4.69, 9.17) is 11.6 Å². The first kappa shape index (κ1) is 13.1. The van der Waals surface area contributed by atoms with Crippen LogP contribution in [0.15, 0.2) is 18.2 Å². The Balaban J connectivity index is 2.74. The van der Waals surface area contributed by atoms with Gasteiger partial charge in [0.2, 0.25) is 0 Å². The topological polar surface area (TPSA) is 37.3 Å². The third kappa shape index (κ3) is 3.29. The number of Topliss-reactive ketones (excluding diaryl/α,β-unsaturated/α-hetero) is 1. The van der Waals surface area contributed by atoms with Crippen LogP contribution >= 0.6 is 11.6 Å². The van der Waals surface area contributed by atoms with E-state index in [1.54, 1.807) is 19.9 Å². The largest absolute Gasteiger partial charge is 0.385 e. The SMILES string of the molecule is CC(C)C(O)C(=O)Cc1ccc(Cl)c(F)c1. The summed E-state index contributed by atoms with van der Waals surface area (Å²) in [5, 5.41) is 9.54. The van der Waals surface area contributed by atoms with Crippen LogP contribution < -0.4 is 0 Å². The number of benzene rings is 1. The second-order valence-corrected chi connectivity index (χ2v) is 4.49. The Morgan fingerprint density at radius 3 is 2.62 bits per heavy atom. The molecule has 0 spiro atoms. The molecule has 0 aromatic heterocycles. The van der Waals surface area contributed by atoms with E-state index >= 15 is 0 Å². The van der Waals surface area contributed by atoms with Crippen LogP contribution in [-0.4, -0.2) is 17.0 Å². The van der Waals surface area contributed by atoms with Crippen molar-refractivity contribution in [2.24, 2.45) is 5.92 Å². The molecule has 1 N–H and O–H groups in total. The molecule has 0 aliphatic carbocycles. The molecule has 2 nitrogen and oxygen atoms in total. The minimum absolute atomic E-state index is 0.0213. The Morgan fingerprint density at radius 1 is 1.50 bits per heavy atom. The molecule has 0 aliphatic heterocycles. The van der Waals surface area contributed by atoms with Crippen LogP contribution in [0.2, 0.25) is 5.02 Å². The molecule has 1 atom stereocenters. The van der Waals surface area contributed by atoms with Crippen molar-refractivity contribution in [3.8, 4) is 0 Å². The van der Waals surface area contributed by atoms with Crippen molar-refractivity contribution in [3.05, 3.63) is 34.6 Å². The van der Waals surface area contributed by atoms with E-state index in [0.29, 0.717) is 5.56 Å². The molecular formula is C12H14ClFO2. The number of rotatable bonds is 4. The van der Waals surface area contributed by atoms with Gasteiger partial charge in [0.15, 0.2) is 5.78 Å². The molecule has 4 heteroatoms. The molecular weight excluding hydrogens is 231 g/mol. The molecule has 1 unspecified atom stereocenters. The van der Waals surface area contributed by atoms with E-state index in [1.807, 2.05) is 0 Å². The molecule has 0 radical (unpaired) electrons. The summed E-state index contributed by atoms with van der Waals surface area (Å²) in [6.45, 7) is 3.51. The summed E-state index contributed by atoms with van der Waals surface area (Å²) in [7, 11) is 0. The summed E-state index contributed by atoms with van der Waals surface area (Å²) in [6, 6.07) is 4.20. The zero-order valence-electron chi connectivity index (χ0n) is 9.21. The van der Waals surface area contributed by atoms with Crippen LogP contribution in [0.25, 0.3) is 0 Å². The quantitative estimate of drug-likeness (QED) is 0.884. The van der Waals surface area contributed by atoms with Gasteiger partial charge < -0.3 is 5.11 Å². The molecule has 1 aromatic rings. The minimum atomic E-state index is -1.00. The lowest BCUT2D eigenvalue weighted by molar-refractivity contribution is -0.128. The van der Waals surface area contributed by atoms with E-state index in [2.05, 4.69) is 0 Å². The summed E-state index contributed by atoms with van der Waals surface area (Å²) in [5.74, 6) is -0.993. The first-order chi connectivity index (χ1) is 7.41. The van der Waals surface area contributed by atoms with E-state index in [9.17, 15) is 14.3 Å². The zero-order chi connectivity index (χ0) is 12.3. The van der Waals surface area contributed by atoms with Crippen molar-refractivity contribution >= 4 is 17.4 Å². The van der Waals surface area contributed by atoms with E-state index in [-0.39, 0.29) is 23.1 Å². The number of hydrogen-bond donors (Lipinski definition) is 1. The summed E-state index contributed by atoms with van der Waals surface area (Å²) in [4.78, 5) is 11.5. The first-order valence-electron chi connectivity index (χ1n) is 5.06. The highest BCUT2D eigenvalue weighted by molar-refractivity contribution is 6.30. The lowest BCUT2D eigenvalue weighted by Gasteiger charge is -2.12. The van der Waals surface area contributed by atoms with Gasteiger partial charge in [0.05, 0.1) is 5.02 Å². The molecule has 0 heterocycles. The highest BCUT2D eigenvalue weighted by atomic mass is 35.5. The van der Waals surface area contributed by atoms with Crippen molar-refractivity contribution in [1.82, 2.24) is 0 Å². The second kappa shape index (κ2) is 5.41. The zero-order valence-corrected chi connectivity index (χ0v) is 9.96. The Morgan fingerprint density at radius 2 is 2.12 bits per heavy atom. The molecule has 88 valence electrons. The van der Waals surface area contributed by atoms with E-state index in [0.717, 1.165) is 0 Å². The third-order valence-corrected chi connectivity index (χ3v) is 2.63. The van der Waals surface area contributed by atoms with Crippen molar-refractivity contribution in [3.63, 3.8) is 0 Å². The van der Waals surface area contributed by atoms with Gasteiger partial charge >= 0.3 is 0 Å². The highest BCUT2D eigenvalue weighted by Gasteiger charge is 2.19. The number of carbonyl (C=O) groups is 1. The van der Waals surface area contributed by atoms with Crippen molar-refractivity contribution in [2.45, 2.75) is 26.4 Å². The molecule has 16 heavy (non-hydrogen) atoms. The predicted octanol–water partition coefficient (Wildman–Crippen LogP) is 2.61. The number of halogens is 2. The summed E-state index contributed by atoms with van der Waals surface area (Å²) in [5.41, 5.74) is 0.520. The van der Waals surface area contributed by atoms with Crippen LogP contribution in [0.3, 0.4) is 0 Å². The maximum atomic E-state index is 13.1. The number of hydrogen-bond acceptors (Lipinski definition) is 2. The smallest absolute Gasteiger partial charge is 0.165 e. The van der Waals surface area contributed by atoms with E-state index in [1.165, 1.54) is 12.1 Å². The van der Waals surface area contributed by atoms with Crippen LogP contribution in [0.5, 0.6) is 0 Å². The Kier molecular flexibility index (Phi) is 4.44. The number of aliphatic hydroxyl groups is 1. The minimum Gasteiger partial charge on any atom is -0.385 e. The van der Waals surface area contributed by atoms with Gasteiger partial charge in [0.25, 0.3) is 0 Å². The molecule has 0 fully saturated rings. The molecule has 0 saturated heterocycles. The lowest BCUT2D eigenvalue weighted by Crippen LogP contribution is -2.27. The van der Waals surface area contributed by atoms with Crippen molar-refractivity contribution < 1.29 is 14.3 Å². The van der Waals surface area contributed by atoms with Crippen LogP contribution in [0, 0.1) is 11.7 Å². The third-order valence-electron chi connectivity index (χ3n) is 2.32. The molecule has 0 aliphatic rings. The van der Waals surface area contributed by atoms with Gasteiger partial charge in [-0.2, -0.15) is 0 Å². The van der Waals surface area contributed by atoms with Crippen LogP contribution in [-0.2, 0) is 11.2 Å². The van der Waals surface area contributed by atoms with Gasteiger partial charge in [-0.15, -0.1) is 0 Å².